The first kappa shape index (κ1) is 30.2. The maximum absolute atomic E-state index is 12.5. The van der Waals surface area contributed by atoms with Gasteiger partial charge in [-0.25, -0.2) is 14.3 Å². The Hall–Kier alpha value is -3.25. The summed E-state index contributed by atoms with van der Waals surface area (Å²) in [5, 5.41) is 10.3. The molecule has 42 heavy (non-hydrogen) atoms. The Kier molecular flexibility index (Phi) is 8.48. The van der Waals surface area contributed by atoms with Crippen LogP contribution in [-0.2, 0) is 19.6 Å². The van der Waals surface area contributed by atoms with Crippen molar-refractivity contribution in [1.82, 2.24) is 24.8 Å². The number of nitrogens with one attached hydrogen (secondary N) is 2. The van der Waals surface area contributed by atoms with E-state index in [1.165, 1.54) is 11.9 Å². The molecule has 4 atom stereocenters. The third-order valence-corrected chi connectivity index (χ3v) is 8.01. The summed E-state index contributed by atoms with van der Waals surface area (Å²) in [4.78, 5) is 19.0. The van der Waals surface area contributed by atoms with Crippen LogP contribution in [0.1, 0.15) is 72.2 Å². The van der Waals surface area contributed by atoms with Gasteiger partial charge in [0.15, 0.2) is 11.6 Å². The molecule has 11 heteroatoms. The van der Waals surface area contributed by atoms with Crippen molar-refractivity contribution in [2.75, 3.05) is 30.7 Å². The van der Waals surface area contributed by atoms with Crippen molar-refractivity contribution in [3.8, 4) is 0 Å². The highest BCUT2D eigenvalue weighted by atomic mass is 16.8. The molecule has 4 N–H and O–H groups in total. The van der Waals surface area contributed by atoms with Crippen molar-refractivity contribution < 1.29 is 19.0 Å². The zero-order chi connectivity index (χ0) is 30.2. The number of hydrogen-bond acceptors (Lipinski definition) is 8. The van der Waals surface area contributed by atoms with Gasteiger partial charge in [-0.1, -0.05) is 32.9 Å². The van der Waals surface area contributed by atoms with Crippen LogP contribution in [0.2, 0.25) is 0 Å². The number of ether oxygens (including phenoxy) is 3. The van der Waals surface area contributed by atoms with Crippen molar-refractivity contribution in [2.24, 2.45) is 0 Å². The predicted octanol–water partition coefficient (Wildman–Crippen LogP) is 4.49. The summed E-state index contributed by atoms with van der Waals surface area (Å²) in [7, 11) is 0. The van der Waals surface area contributed by atoms with Gasteiger partial charge in [0.2, 0.25) is 0 Å². The lowest BCUT2D eigenvalue weighted by molar-refractivity contribution is -0.190. The number of amides is 2. The van der Waals surface area contributed by atoms with Gasteiger partial charge < -0.3 is 30.6 Å². The van der Waals surface area contributed by atoms with Gasteiger partial charge in [0.25, 0.3) is 0 Å². The largest absolute Gasteiger partial charge is 0.382 e. The fourth-order valence-corrected chi connectivity index (χ4v) is 5.76. The fourth-order valence-electron chi connectivity index (χ4n) is 5.76. The normalized spacial score (nSPS) is 23.5. The van der Waals surface area contributed by atoms with Crippen molar-refractivity contribution in [1.29, 1.82) is 0 Å². The van der Waals surface area contributed by atoms with Crippen LogP contribution in [0.5, 0.6) is 0 Å². The first-order valence-corrected chi connectivity index (χ1v) is 14.8. The van der Waals surface area contributed by atoms with Gasteiger partial charge >= 0.3 is 6.03 Å². The molecule has 2 aliphatic rings. The number of anilines is 2. The van der Waals surface area contributed by atoms with Gasteiger partial charge in [-0.3, -0.25) is 4.90 Å². The van der Waals surface area contributed by atoms with Gasteiger partial charge in [-0.05, 0) is 69.4 Å². The average molecular weight is 580 g/mol. The number of urea groups is 1. The van der Waals surface area contributed by atoms with Crippen LogP contribution in [-0.4, -0.2) is 75.3 Å². The van der Waals surface area contributed by atoms with Gasteiger partial charge in [0.1, 0.15) is 36.3 Å². The molecular formula is C31H45N7O4. The number of nitrogens with zero attached hydrogens (tertiary/aromatic N) is 4. The quantitative estimate of drug-likeness (QED) is 0.317. The second-order valence-corrected chi connectivity index (χ2v) is 13.0. The van der Waals surface area contributed by atoms with Crippen molar-refractivity contribution >= 4 is 23.1 Å². The highest BCUT2D eigenvalue weighted by Gasteiger charge is 2.56. The van der Waals surface area contributed by atoms with Gasteiger partial charge in [-0.2, -0.15) is 5.10 Å². The van der Waals surface area contributed by atoms with E-state index >= 15 is 0 Å². The Morgan fingerprint density at radius 3 is 2.52 bits per heavy atom. The van der Waals surface area contributed by atoms with Gasteiger partial charge in [0.05, 0.1) is 5.69 Å². The lowest BCUT2D eigenvalue weighted by atomic mass is 9.87. The molecule has 2 aromatic heterocycles. The fraction of sp³-hybridized carbons (Fsp3) is 0.581. The Labute approximate surface area is 248 Å². The molecule has 1 aromatic carbocycles. The third-order valence-electron chi connectivity index (χ3n) is 8.01. The molecule has 4 heterocycles. The maximum atomic E-state index is 12.5. The van der Waals surface area contributed by atoms with Crippen LogP contribution in [0.4, 0.5) is 16.3 Å². The molecule has 0 saturated carbocycles. The molecule has 2 fully saturated rings. The number of hydrogen-bond donors (Lipinski definition) is 3. The molecule has 0 spiro atoms. The van der Waals surface area contributed by atoms with Crippen LogP contribution in [0, 0.1) is 0 Å². The molecule has 3 aromatic rings. The highest BCUT2D eigenvalue weighted by Crippen LogP contribution is 2.45. The molecule has 0 aliphatic carbocycles. The number of carbonyl (C=O) groups is 1. The Bertz CT molecular complexity index is 1380. The first-order valence-electron chi connectivity index (χ1n) is 14.8. The molecule has 0 unspecified atom stereocenters. The zero-order valence-electron chi connectivity index (χ0n) is 25.8. The van der Waals surface area contributed by atoms with E-state index in [1.54, 1.807) is 4.52 Å². The number of nitrogen functional groups attached to an aromatic ring is 1. The molecule has 2 aliphatic heterocycles. The third kappa shape index (κ3) is 6.54. The summed E-state index contributed by atoms with van der Waals surface area (Å²) in [5.41, 5.74) is 9.74. The number of aromatic nitrogens is 3. The van der Waals surface area contributed by atoms with Gasteiger partial charge in [-0.15, -0.1) is 0 Å². The highest BCUT2D eigenvalue weighted by molar-refractivity contribution is 5.89. The number of nitrogens with two attached hydrogens (primary N) is 1. The summed E-state index contributed by atoms with van der Waals surface area (Å²) in [6, 6.07) is 11.9. The van der Waals surface area contributed by atoms with Crippen LogP contribution in [0.15, 0.2) is 42.7 Å². The minimum absolute atomic E-state index is 0.0712. The zero-order valence-corrected chi connectivity index (χ0v) is 25.8. The topological polar surface area (TPSA) is 128 Å². The molecule has 0 radical (unpaired) electrons. The van der Waals surface area contributed by atoms with Crippen LogP contribution in [0.25, 0.3) is 5.52 Å². The van der Waals surface area contributed by atoms with E-state index in [9.17, 15) is 4.79 Å². The summed E-state index contributed by atoms with van der Waals surface area (Å²) in [5.74, 6) is -0.304. The SMILES string of the molecule is CC(C)N(CCCNC(=O)Nc1ccc(C(C)(C)C)cc1)C[C@H]1O[C@@H](c2ccc3c(N)ncnn23)[C@@H]2OC(C)(C)O[C@@H]21. The summed E-state index contributed by atoms with van der Waals surface area (Å²) in [6.07, 6.45) is 1.15. The smallest absolute Gasteiger partial charge is 0.319 e. The monoisotopic (exact) mass is 579 g/mol. The second kappa shape index (κ2) is 11.8. The molecular weight excluding hydrogens is 534 g/mol. The minimum atomic E-state index is -0.719. The van der Waals surface area contributed by atoms with E-state index in [0.717, 1.165) is 29.9 Å². The number of rotatable bonds is 9. The molecule has 5 rings (SSSR count). The van der Waals surface area contributed by atoms with E-state index in [-0.39, 0.29) is 41.9 Å². The Balaban J connectivity index is 1.18. The number of benzene rings is 1. The second-order valence-electron chi connectivity index (χ2n) is 13.0. The number of fused-ring (bicyclic) bond motifs is 2. The van der Waals surface area contributed by atoms with Crippen LogP contribution < -0.4 is 16.4 Å². The maximum Gasteiger partial charge on any atom is 0.319 e. The van der Waals surface area contributed by atoms with Crippen molar-refractivity contribution in [3.05, 3.63) is 54.0 Å². The van der Waals surface area contributed by atoms with Crippen LogP contribution in [0.3, 0.4) is 0 Å². The predicted molar refractivity (Wildman–Crippen MR) is 162 cm³/mol. The molecule has 11 nitrogen and oxygen atoms in total. The van der Waals surface area contributed by atoms with E-state index in [0.29, 0.717) is 18.9 Å². The molecule has 228 valence electrons. The first-order chi connectivity index (χ1) is 19.8. The molecule has 2 saturated heterocycles. The molecule has 0 bridgehead atoms. The lowest BCUT2D eigenvalue weighted by Crippen LogP contribution is -2.44. The van der Waals surface area contributed by atoms with Crippen molar-refractivity contribution in [2.45, 2.75) is 96.5 Å². The summed E-state index contributed by atoms with van der Waals surface area (Å²) in [6.45, 7) is 16.7. The number of carbonyl (C=O) groups excluding carboxylic acids is 1. The summed E-state index contributed by atoms with van der Waals surface area (Å²) < 4.78 is 21.1. The summed E-state index contributed by atoms with van der Waals surface area (Å²) >= 11 is 0. The average Bonchev–Trinajstić information content (AvgIpc) is 3.57. The van der Waals surface area contributed by atoms with E-state index in [2.05, 4.69) is 72.4 Å². The minimum Gasteiger partial charge on any atom is -0.382 e. The Morgan fingerprint density at radius 2 is 1.83 bits per heavy atom. The Morgan fingerprint density at radius 1 is 1.12 bits per heavy atom. The van der Waals surface area contributed by atoms with Gasteiger partial charge in [0, 0.05) is 31.4 Å². The molecule has 2 amide bonds. The van der Waals surface area contributed by atoms with Crippen LogP contribution >= 0.6 is 0 Å². The van der Waals surface area contributed by atoms with Crippen molar-refractivity contribution in [3.63, 3.8) is 0 Å². The van der Waals surface area contributed by atoms with E-state index in [4.69, 9.17) is 19.9 Å². The van der Waals surface area contributed by atoms with E-state index in [1.807, 2.05) is 38.1 Å². The van der Waals surface area contributed by atoms with E-state index < -0.39 is 5.79 Å². The standard InChI is InChI=1S/C31H45N7O4/c1-19(2)37(16-8-15-33-29(39)36-21-11-9-20(10-12-21)30(3,4)5)17-24-26-27(42-31(6,7)41-26)25(40-24)22-13-14-23-28(32)34-18-35-38(22)23/h9-14,18-19,24-27H,8,15-17H2,1-7H3,(H2,32,34,35)(H2,33,36,39)/t24-,25+,26-,27+/m1/s1. The lowest BCUT2D eigenvalue weighted by Gasteiger charge is -2.31.